The van der Waals surface area contributed by atoms with Crippen LogP contribution in [-0.2, 0) is 17.5 Å². The second kappa shape index (κ2) is 8.41. The molecule has 184 valence electrons. The average Bonchev–Trinajstić information content (AvgIpc) is 3.50. The minimum Gasteiger partial charge on any atom is -0.391 e. The molecular weight excluding hydrogens is 490 g/mol. The number of hydrogen-bond acceptors (Lipinski definition) is 6. The van der Waals surface area contributed by atoms with Gasteiger partial charge in [0.1, 0.15) is 5.82 Å². The summed E-state index contributed by atoms with van der Waals surface area (Å²) < 4.78 is 54.5. The molecule has 5 rings (SSSR count). The molecule has 0 radical (unpaired) electrons. The Morgan fingerprint density at radius 3 is 2.49 bits per heavy atom. The van der Waals surface area contributed by atoms with Gasteiger partial charge in [-0.1, -0.05) is 0 Å². The van der Waals surface area contributed by atoms with Crippen molar-refractivity contribution in [1.82, 2.24) is 19.4 Å². The van der Waals surface area contributed by atoms with Crippen molar-refractivity contribution in [3.05, 3.63) is 52.4 Å². The molecule has 3 aromatic rings. The van der Waals surface area contributed by atoms with Crippen LogP contribution in [0.2, 0.25) is 0 Å². The number of amides is 2. The van der Waals surface area contributed by atoms with E-state index in [1.807, 2.05) is 0 Å². The smallest absolute Gasteiger partial charge is 0.391 e. The molecule has 35 heavy (non-hydrogen) atoms. The summed E-state index contributed by atoms with van der Waals surface area (Å²) in [6, 6.07) is 4.49. The highest BCUT2D eigenvalue weighted by atomic mass is 32.1. The number of nitrogens with zero attached hydrogens (tertiary/aromatic N) is 5. The number of aliphatic hydroxyl groups is 1. The van der Waals surface area contributed by atoms with Crippen LogP contribution in [-0.4, -0.2) is 55.5 Å². The van der Waals surface area contributed by atoms with Gasteiger partial charge in [0.15, 0.2) is 22.3 Å². The number of thiazole rings is 1. The molecule has 0 aliphatic carbocycles. The van der Waals surface area contributed by atoms with Gasteiger partial charge in [-0.3, -0.25) is 14.5 Å². The highest BCUT2D eigenvalue weighted by Crippen LogP contribution is 2.41. The van der Waals surface area contributed by atoms with E-state index in [0.717, 1.165) is 16.7 Å². The van der Waals surface area contributed by atoms with E-state index in [4.69, 9.17) is 0 Å². The molecule has 1 N–H and O–H groups in total. The maximum absolute atomic E-state index is 13.3. The zero-order valence-electron chi connectivity index (χ0n) is 18.3. The number of fused-ring (bicyclic) bond motifs is 1. The van der Waals surface area contributed by atoms with Gasteiger partial charge >= 0.3 is 6.18 Å². The lowest BCUT2D eigenvalue weighted by Crippen LogP contribution is -2.42. The number of carbonyl (C=O) groups excluding carboxylic acids is 2. The van der Waals surface area contributed by atoms with Crippen molar-refractivity contribution < 1.29 is 32.3 Å². The summed E-state index contributed by atoms with van der Waals surface area (Å²) in [5.41, 5.74) is -0.315. The number of hydrogen-bond donors (Lipinski definition) is 1. The Morgan fingerprint density at radius 1 is 1.17 bits per heavy atom. The lowest BCUT2D eigenvalue weighted by Gasteiger charge is -2.36. The fraction of sp³-hybridized carbons (Fsp3) is 0.364. The van der Waals surface area contributed by atoms with E-state index in [0.29, 0.717) is 5.69 Å². The molecule has 1 aromatic carbocycles. The molecule has 2 aliphatic heterocycles. The lowest BCUT2D eigenvalue weighted by atomic mass is 10.1. The molecule has 1 fully saturated rings. The highest BCUT2D eigenvalue weighted by molar-refractivity contribution is 7.13. The van der Waals surface area contributed by atoms with E-state index in [1.165, 1.54) is 34.1 Å². The van der Waals surface area contributed by atoms with Gasteiger partial charge in [-0.15, -0.1) is 11.3 Å². The summed E-state index contributed by atoms with van der Waals surface area (Å²) in [6.07, 6.45) is -5.63. The number of benzene rings is 1. The Hall–Kier alpha value is -3.32. The number of β-amino-alcohol motifs (C(OH)–C–C–N with tert-alkyl or cyclic N) is 1. The standard InChI is InChI=1S/C22H19F4N5O3S/c1-11-17-18(31-9-14(32)8-16(31)33)28-19(20-27-15(10-35-20)22(24,25)26)30(17)7-6-29(11)21(34)12-2-4-13(23)5-3-12/h2-5,10-11,14,32H,6-9H2,1H3. The van der Waals surface area contributed by atoms with Crippen LogP contribution in [0, 0.1) is 5.82 Å². The molecule has 13 heteroatoms. The van der Waals surface area contributed by atoms with Crippen LogP contribution >= 0.6 is 11.3 Å². The number of imidazole rings is 1. The van der Waals surface area contributed by atoms with Gasteiger partial charge in [0, 0.05) is 24.0 Å². The highest BCUT2D eigenvalue weighted by Gasteiger charge is 2.40. The summed E-state index contributed by atoms with van der Waals surface area (Å²) in [4.78, 5) is 36.8. The summed E-state index contributed by atoms with van der Waals surface area (Å²) in [6.45, 7) is 2.11. The van der Waals surface area contributed by atoms with Crippen LogP contribution in [0.4, 0.5) is 23.4 Å². The first-order valence-electron chi connectivity index (χ1n) is 10.7. The van der Waals surface area contributed by atoms with E-state index < -0.39 is 29.8 Å². The van der Waals surface area contributed by atoms with Crippen molar-refractivity contribution in [2.45, 2.75) is 38.2 Å². The summed E-state index contributed by atoms with van der Waals surface area (Å²) in [5, 5.41) is 10.9. The number of halogens is 4. The first kappa shape index (κ1) is 23.4. The fourth-order valence-corrected chi connectivity index (χ4v) is 5.26. The number of anilines is 1. The first-order valence-corrected chi connectivity index (χ1v) is 11.6. The van der Waals surface area contributed by atoms with Crippen molar-refractivity contribution in [2.24, 2.45) is 0 Å². The predicted molar refractivity (Wildman–Crippen MR) is 117 cm³/mol. The average molecular weight is 509 g/mol. The van der Waals surface area contributed by atoms with Crippen molar-refractivity contribution in [3.63, 3.8) is 0 Å². The molecule has 2 aliphatic rings. The van der Waals surface area contributed by atoms with E-state index in [9.17, 15) is 32.3 Å². The van der Waals surface area contributed by atoms with E-state index in [-0.39, 0.29) is 60.1 Å². The molecular formula is C22H19F4N5O3S. The molecule has 1 saturated heterocycles. The van der Waals surface area contributed by atoms with Gasteiger partial charge in [-0.2, -0.15) is 13.2 Å². The largest absolute Gasteiger partial charge is 0.434 e. The number of aromatic nitrogens is 3. The third kappa shape index (κ3) is 4.08. The van der Waals surface area contributed by atoms with Crippen LogP contribution in [0.25, 0.3) is 10.8 Å². The van der Waals surface area contributed by atoms with Crippen molar-refractivity contribution >= 4 is 29.0 Å². The Bertz CT molecular complexity index is 1300. The number of rotatable bonds is 3. The second-order valence-electron chi connectivity index (χ2n) is 8.38. The third-order valence-electron chi connectivity index (χ3n) is 6.11. The second-order valence-corrected chi connectivity index (χ2v) is 9.23. The maximum atomic E-state index is 13.3. The molecule has 8 nitrogen and oxygen atoms in total. The predicted octanol–water partition coefficient (Wildman–Crippen LogP) is 3.48. The van der Waals surface area contributed by atoms with Crippen molar-refractivity contribution in [1.29, 1.82) is 0 Å². The Morgan fingerprint density at radius 2 is 1.89 bits per heavy atom. The van der Waals surface area contributed by atoms with Crippen LogP contribution in [0.15, 0.2) is 29.6 Å². The van der Waals surface area contributed by atoms with Crippen LogP contribution in [0.3, 0.4) is 0 Å². The topological polar surface area (TPSA) is 91.6 Å². The summed E-state index contributed by atoms with van der Waals surface area (Å²) in [7, 11) is 0. The fourth-order valence-electron chi connectivity index (χ4n) is 4.44. The Labute approximate surface area is 200 Å². The number of alkyl halides is 3. The molecule has 2 atom stereocenters. The third-order valence-corrected chi connectivity index (χ3v) is 6.95. The lowest BCUT2D eigenvalue weighted by molar-refractivity contribution is -0.140. The molecule has 2 aromatic heterocycles. The molecule has 2 unspecified atom stereocenters. The maximum Gasteiger partial charge on any atom is 0.434 e. The van der Waals surface area contributed by atoms with Gasteiger partial charge in [0.25, 0.3) is 5.91 Å². The monoisotopic (exact) mass is 509 g/mol. The van der Waals surface area contributed by atoms with Crippen molar-refractivity contribution in [2.75, 3.05) is 18.0 Å². The van der Waals surface area contributed by atoms with Crippen LogP contribution < -0.4 is 4.90 Å². The van der Waals surface area contributed by atoms with E-state index >= 15 is 0 Å². The van der Waals surface area contributed by atoms with Gasteiger partial charge < -0.3 is 14.6 Å². The van der Waals surface area contributed by atoms with E-state index in [2.05, 4.69) is 9.97 Å². The zero-order valence-corrected chi connectivity index (χ0v) is 19.1. The minimum absolute atomic E-state index is 0.0212. The van der Waals surface area contributed by atoms with Crippen LogP contribution in [0.1, 0.15) is 41.1 Å². The quantitative estimate of drug-likeness (QED) is 0.546. The number of carbonyl (C=O) groups is 2. The number of aliphatic hydroxyl groups excluding tert-OH is 1. The van der Waals surface area contributed by atoms with Gasteiger partial charge in [-0.05, 0) is 31.2 Å². The molecule has 2 amide bonds. The summed E-state index contributed by atoms with van der Waals surface area (Å²) >= 11 is 0.783. The zero-order chi connectivity index (χ0) is 25.1. The molecule has 0 spiro atoms. The Balaban J connectivity index is 1.59. The molecule has 4 heterocycles. The van der Waals surface area contributed by atoms with Gasteiger partial charge in [0.05, 0.1) is 30.8 Å². The van der Waals surface area contributed by atoms with Gasteiger partial charge in [0.2, 0.25) is 5.91 Å². The summed E-state index contributed by atoms with van der Waals surface area (Å²) in [5.74, 6) is -0.890. The molecule has 0 bridgehead atoms. The van der Waals surface area contributed by atoms with Gasteiger partial charge in [-0.25, -0.2) is 14.4 Å². The minimum atomic E-state index is -4.62. The first-order chi connectivity index (χ1) is 16.5. The normalized spacial score (nSPS) is 20.5. The SMILES string of the molecule is CC1c2c(N3CC(O)CC3=O)nc(-c3nc(C(F)(F)F)cs3)n2CCN1C(=O)c1ccc(F)cc1. The Kier molecular flexibility index (Phi) is 5.63. The van der Waals surface area contributed by atoms with Crippen LogP contribution in [0.5, 0.6) is 0 Å². The van der Waals surface area contributed by atoms with E-state index in [1.54, 1.807) is 11.5 Å². The van der Waals surface area contributed by atoms with Crippen molar-refractivity contribution in [3.8, 4) is 10.8 Å². The molecule has 0 saturated carbocycles.